The van der Waals surface area contributed by atoms with E-state index >= 15 is 0 Å². The quantitative estimate of drug-likeness (QED) is 0.870. The molecular weight excluding hydrogens is 316 g/mol. The van der Waals surface area contributed by atoms with Gasteiger partial charge in [0.2, 0.25) is 0 Å². The lowest BCUT2D eigenvalue weighted by atomic mass is 10.1. The molecule has 1 aliphatic rings. The van der Waals surface area contributed by atoms with E-state index in [1.807, 2.05) is 0 Å². The van der Waals surface area contributed by atoms with Crippen molar-refractivity contribution in [1.29, 1.82) is 0 Å². The second-order valence-electron chi connectivity index (χ2n) is 6.28. The highest BCUT2D eigenvalue weighted by molar-refractivity contribution is 7.12. The van der Waals surface area contributed by atoms with Crippen molar-refractivity contribution < 1.29 is 5.11 Å². The first-order valence-corrected chi connectivity index (χ1v) is 9.22. The number of piperazine rings is 1. The van der Waals surface area contributed by atoms with Crippen molar-refractivity contribution in [1.82, 2.24) is 4.90 Å². The highest BCUT2D eigenvalue weighted by Gasteiger charge is 2.24. The van der Waals surface area contributed by atoms with Crippen LogP contribution in [0.2, 0.25) is 0 Å². The van der Waals surface area contributed by atoms with Crippen molar-refractivity contribution in [3.8, 4) is 11.8 Å². The van der Waals surface area contributed by atoms with Gasteiger partial charge < -0.3 is 10.0 Å². The Morgan fingerprint density at radius 3 is 2.79 bits per heavy atom. The molecule has 2 heterocycles. The monoisotopic (exact) mass is 340 g/mol. The Morgan fingerprint density at radius 1 is 1.21 bits per heavy atom. The Morgan fingerprint density at radius 2 is 2.04 bits per heavy atom. The van der Waals surface area contributed by atoms with E-state index in [-0.39, 0.29) is 6.61 Å². The number of aliphatic hydroxyl groups excluding tert-OH is 1. The Bertz CT molecular complexity index is 743. The third kappa shape index (κ3) is 3.99. The first kappa shape index (κ1) is 17.0. The molecule has 0 saturated carbocycles. The van der Waals surface area contributed by atoms with E-state index in [4.69, 9.17) is 5.11 Å². The predicted octanol–water partition coefficient (Wildman–Crippen LogP) is 3.11. The molecule has 0 unspecified atom stereocenters. The molecule has 0 amide bonds. The summed E-state index contributed by atoms with van der Waals surface area (Å²) in [6.45, 7) is 8.60. The number of nitrogens with zero attached hydrogens (tertiary/aromatic N) is 2. The maximum Gasteiger partial charge on any atom is 0.104 e. The van der Waals surface area contributed by atoms with Crippen molar-refractivity contribution >= 4 is 17.0 Å². The van der Waals surface area contributed by atoms with Crippen LogP contribution in [0.1, 0.15) is 22.2 Å². The number of anilines is 1. The Kier molecular flexibility index (Phi) is 5.57. The number of aryl methyl sites for hydroxylation is 1. The van der Waals surface area contributed by atoms with E-state index in [2.05, 4.69) is 71.9 Å². The summed E-state index contributed by atoms with van der Waals surface area (Å²) in [7, 11) is 0. The van der Waals surface area contributed by atoms with Gasteiger partial charge in [-0.15, -0.1) is 11.3 Å². The Balaban J connectivity index is 1.62. The SMILES string of the molecule is Cc1ccccc1N1CCN(Cc2ccc(C#CCO)s2)[C@@H](C)C1. The molecule has 24 heavy (non-hydrogen) atoms. The highest BCUT2D eigenvalue weighted by Crippen LogP contribution is 2.25. The second-order valence-corrected chi connectivity index (χ2v) is 7.45. The molecule has 126 valence electrons. The summed E-state index contributed by atoms with van der Waals surface area (Å²) < 4.78 is 0. The molecule has 1 atom stereocenters. The number of hydrogen-bond acceptors (Lipinski definition) is 4. The second kappa shape index (κ2) is 7.85. The lowest BCUT2D eigenvalue weighted by molar-refractivity contribution is 0.182. The molecular formula is C20H24N2OS. The number of aliphatic hydroxyl groups is 1. The zero-order valence-electron chi connectivity index (χ0n) is 14.3. The third-order valence-electron chi connectivity index (χ3n) is 4.53. The molecule has 4 heteroatoms. The molecule has 3 rings (SSSR count). The zero-order chi connectivity index (χ0) is 16.9. The summed E-state index contributed by atoms with van der Waals surface area (Å²) in [5.74, 6) is 5.70. The van der Waals surface area contributed by atoms with Gasteiger partial charge in [0.05, 0.1) is 4.88 Å². The van der Waals surface area contributed by atoms with E-state index in [1.54, 1.807) is 11.3 Å². The predicted molar refractivity (Wildman–Crippen MR) is 102 cm³/mol. The van der Waals surface area contributed by atoms with Gasteiger partial charge in [-0.05, 0) is 37.6 Å². The average molecular weight is 340 g/mol. The number of rotatable bonds is 3. The van der Waals surface area contributed by atoms with Crippen molar-refractivity contribution in [2.75, 3.05) is 31.1 Å². The number of thiophene rings is 1. The van der Waals surface area contributed by atoms with Crippen LogP contribution in [0.15, 0.2) is 36.4 Å². The largest absolute Gasteiger partial charge is 0.384 e. The van der Waals surface area contributed by atoms with Crippen LogP contribution in [0.3, 0.4) is 0 Å². The van der Waals surface area contributed by atoms with Gasteiger partial charge in [-0.3, -0.25) is 4.90 Å². The summed E-state index contributed by atoms with van der Waals surface area (Å²) in [4.78, 5) is 7.42. The summed E-state index contributed by atoms with van der Waals surface area (Å²) in [6, 6.07) is 13.4. The minimum Gasteiger partial charge on any atom is -0.384 e. The maximum absolute atomic E-state index is 8.79. The molecule has 0 bridgehead atoms. The first-order chi connectivity index (χ1) is 11.7. The molecule has 0 aliphatic carbocycles. The van der Waals surface area contributed by atoms with Gasteiger partial charge in [0, 0.05) is 42.8 Å². The van der Waals surface area contributed by atoms with Gasteiger partial charge in [-0.25, -0.2) is 0 Å². The van der Waals surface area contributed by atoms with Crippen molar-refractivity contribution in [3.05, 3.63) is 51.7 Å². The van der Waals surface area contributed by atoms with Gasteiger partial charge in [-0.2, -0.15) is 0 Å². The van der Waals surface area contributed by atoms with Gasteiger partial charge in [0.25, 0.3) is 0 Å². The number of para-hydroxylation sites is 1. The molecule has 1 N–H and O–H groups in total. The van der Waals surface area contributed by atoms with E-state index in [0.29, 0.717) is 6.04 Å². The van der Waals surface area contributed by atoms with E-state index in [9.17, 15) is 0 Å². The van der Waals surface area contributed by atoms with Crippen LogP contribution < -0.4 is 4.90 Å². The molecule has 1 aliphatic heterocycles. The summed E-state index contributed by atoms with van der Waals surface area (Å²) in [5, 5.41) is 8.79. The topological polar surface area (TPSA) is 26.7 Å². The van der Waals surface area contributed by atoms with Gasteiger partial charge in [0.1, 0.15) is 6.61 Å². The normalized spacial score (nSPS) is 18.3. The molecule has 1 aromatic carbocycles. The fourth-order valence-corrected chi connectivity index (χ4v) is 4.13. The van der Waals surface area contributed by atoms with Crippen LogP contribution in [0.5, 0.6) is 0 Å². The summed E-state index contributed by atoms with van der Waals surface area (Å²) in [6.07, 6.45) is 0. The lowest BCUT2D eigenvalue weighted by Crippen LogP contribution is -2.51. The summed E-state index contributed by atoms with van der Waals surface area (Å²) >= 11 is 1.73. The molecule has 0 radical (unpaired) electrons. The van der Waals surface area contributed by atoms with Gasteiger partial charge in [-0.1, -0.05) is 30.0 Å². The van der Waals surface area contributed by atoms with Gasteiger partial charge in [0.15, 0.2) is 0 Å². The average Bonchev–Trinajstić information content (AvgIpc) is 3.03. The molecule has 1 fully saturated rings. The maximum atomic E-state index is 8.79. The summed E-state index contributed by atoms with van der Waals surface area (Å²) in [5.41, 5.74) is 2.71. The van der Waals surface area contributed by atoms with Crippen molar-refractivity contribution in [2.24, 2.45) is 0 Å². The number of benzene rings is 1. The van der Waals surface area contributed by atoms with Crippen molar-refractivity contribution in [2.45, 2.75) is 26.4 Å². The van der Waals surface area contributed by atoms with Crippen LogP contribution in [0.4, 0.5) is 5.69 Å². The molecule has 1 aromatic heterocycles. The van der Waals surface area contributed by atoms with Crippen molar-refractivity contribution in [3.63, 3.8) is 0 Å². The Hall–Kier alpha value is -1.80. The highest BCUT2D eigenvalue weighted by atomic mass is 32.1. The minimum atomic E-state index is -0.0782. The first-order valence-electron chi connectivity index (χ1n) is 8.40. The fraction of sp³-hybridized carbons (Fsp3) is 0.400. The zero-order valence-corrected chi connectivity index (χ0v) is 15.1. The molecule has 1 saturated heterocycles. The smallest absolute Gasteiger partial charge is 0.104 e. The van der Waals surface area contributed by atoms with E-state index in [0.717, 1.165) is 31.1 Å². The number of hydrogen-bond donors (Lipinski definition) is 1. The van der Waals surface area contributed by atoms with E-state index in [1.165, 1.54) is 16.1 Å². The van der Waals surface area contributed by atoms with Crippen LogP contribution in [0.25, 0.3) is 0 Å². The molecule has 0 spiro atoms. The van der Waals surface area contributed by atoms with Crippen LogP contribution in [-0.4, -0.2) is 42.3 Å². The van der Waals surface area contributed by atoms with E-state index < -0.39 is 0 Å². The molecule has 3 nitrogen and oxygen atoms in total. The Labute approximate surface area is 148 Å². The standard InChI is InChI=1S/C20H24N2OS/c1-16-6-3-4-8-20(16)22-12-11-21(17(2)14-22)15-19-10-9-18(24-19)7-5-13-23/h3-4,6,8-10,17,23H,11-15H2,1-2H3/t17-/m0/s1. The van der Waals surface area contributed by atoms with Crippen LogP contribution in [0, 0.1) is 18.8 Å². The lowest BCUT2D eigenvalue weighted by Gasteiger charge is -2.41. The van der Waals surface area contributed by atoms with Crippen LogP contribution in [-0.2, 0) is 6.54 Å². The van der Waals surface area contributed by atoms with Gasteiger partial charge >= 0.3 is 0 Å². The third-order valence-corrected chi connectivity index (χ3v) is 5.52. The molecule has 2 aromatic rings. The fourth-order valence-electron chi connectivity index (χ4n) is 3.22. The minimum absolute atomic E-state index is 0.0782. The van der Waals surface area contributed by atoms with Crippen LogP contribution >= 0.6 is 11.3 Å².